The third-order valence-electron chi connectivity index (χ3n) is 3.38. The van der Waals surface area contributed by atoms with E-state index >= 15 is 0 Å². The number of hydrogen-bond acceptors (Lipinski definition) is 3. The summed E-state index contributed by atoms with van der Waals surface area (Å²) >= 11 is 5.72. The molecule has 0 aliphatic carbocycles. The van der Waals surface area contributed by atoms with Crippen LogP contribution in [-0.4, -0.2) is 37.2 Å². The second kappa shape index (κ2) is 5.97. The number of likely N-dealkylation sites (N-methyl/N-ethyl adjacent to an activating group) is 1. The number of benzene rings is 1. The molecular weight excluding hydrogens is 255 g/mol. The first-order chi connectivity index (χ1) is 8.67. The summed E-state index contributed by atoms with van der Waals surface area (Å²) in [6, 6.07) is 4.91. The van der Waals surface area contributed by atoms with Gasteiger partial charge in [-0.25, -0.2) is 4.39 Å². The maximum Gasteiger partial charge on any atom is 0.142 e. The Morgan fingerprint density at radius 3 is 2.94 bits per heavy atom. The molecule has 3 nitrogen and oxygen atoms in total. The molecule has 0 spiro atoms. The largest absolute Gasteiger partial charge is 0.374 e. The molecule has 100 valence electrons. The molecule has 1 aromatic carbocycles. The normalized spacial score (nSPS) is 25.3. The first-order valence-corrected chi connectivity index (χ1v) is 6.55. The van der Waals surface area contributed by atoms with E-state index in [2.05, 4.69) is 11.8 Å². The molecule has 0 amide bonds. The highest BCUT2D eigenvalue weighted by atomic mass is 35.5. The second-order valence-electron chi connectivity index (χ2n) is 4.39. The van der Waals surface area contributed by atoms with Gasteiger partial charge in [-0.1, -0.05) is 24.6 Å². The van der Waals surface area contributed by atoms with E-state index in [1.165, 1.54) is 6.07 Å². The molecule has 1 fully saturated rings. The Kier molecular flexibility index (Phi) is 4.56. The molecular formula is C13H18ClFN2O. The monoisotopic (exact) mass is 272 g/mol. The van der Waals surface area contributed by atoms with E-state index < -0.39 is 5.82 Å². The van der Waals surface area contributed by atoms with Crippen LogP contribution in [0.5, 0.6) is 0 Å². The van der Waals surface area contributed by atoms with E-state index in [1.807, 2.05) is 6.07 Å². The molecule has 1 aromatic rings. The van der Waals surface area contributed by atoms with Crippen molar-refractivity contribution in [2.75, 3.05) is 26.2 Å². The molecule has 2 N–H and O–H groups in total. The topological polar surface area (TPSA) is 38.5 Å². The highest BCUT2D eigenvalue weighted by molar-refractivity contribution is 6.30. The van der Waals surface area contributed by atoms with E-state index in [1.54, 1.807) is 6.07 Å². The number of halogens is 2. The molecule has 1 aliphatic rings. The number of nitrogens with two attached hydrogens (primary N) is 1. The molecule has 1 heterocycles. The fourth-order valence-electron chi connectivity index (χ4n) is 2.46. The SMILES string of the molecule is CCN1CCOC(CN)C1c1ccc(Cl)c(F)c1. The quantitative estimate of drug-likeness (QED) is 0.917. The van der Waals surface area contributed by atoms with Gasteiger partial charge in [0.1, 0.15) is 5.82 Å². The number of morpholine rings is 1. The Labute approximate surface area is 112 Å². The van der Waals surface area contributed by atoms with E-state index in [-0.39, 0.29) is 17.2 Å². The van der Waals surface area contributed by atoms with Gasteiger partial charge in [0.25, 0.3) is 0 Å². The third-order valence-corrected chi connectivity index (χ3v) is 3.69. The number of nitrogens with zero attached hydrogens (tertiary/aromatic N) is 1. The van der Waals surface area contributed by atoms with Crippen LogP contribution in [0.25, 0.3) is 0 Å². The fourth-order valence-corrected chi connectivity index (χ4v) is 2.58. The first kappa shape index (κ1) is 13.7. The average molecular weight is 273 g/mol. The first-order valence-electron chi connectivity index (χ1n) is 6.18. The average Bonchev–Trinajstić information content (AvgIpc) is 2.41. The summed E-state index contributed by atoms with van der Waals surface area (Å²) in [5.41, 5.74) is 6.61. The van der Waals surface area contributed by atoms with Crippen LogP contribution in [0.15, 0.2) is 18.2 Å². The Morgan fingerprint density at radius 2 is 2.33 bits per heavy atom. The molecule has 18 heavy (non-hydrogen) atoms. The van der Waals surface area contributed by atoms with Crippen molar-refractivity contribution in [1.82, 2.24) is 4.90 Å². The van der Waals surface area contributed by atoms with Crippen LogP contribution in [-0.2, 0) is 4.74 Å². The summed E-state index contributed by atoms with van der Waals surface area (Å²) in [5, 5.41) is 0.142. The van der Waals surface area contributed by atoms with Crippen molar-refractivity contribution in [2.24, 2.45) is 5.73 Å². The Hall–Kier alpha value is -0.680. The van der Waals surface area contributed by atoms with Gasteiger partial charge in [0.2, 0.25) is 0 Å². The molecule has 5 heteroatoms. The summed E-state index contributed by atoms with van der Waals surface area (Å²) in [5.74, 6) is -0.397. The maximum atomic E-state index is 13.6. The summed E-state index contributed by atoms with van der Waals surface area (Å²) < 4.78 is 19.2. The highest BCUT2D eigenvalue weighted by Crippen LogP contribution is 2.30. The van der Waals surface area contributed by atoms with Crippen LogP contribution in [0.4, 0.5) is 4.39 Å². The minimum absolute atomic E-state index is 0.000478. The Morgan fingerprint density at radius 1 is 1.56 bits per heavy atom. The van der Waals surface area contributed by atoms with Gasteiger partial charge in [-0.3, -0.25) is 4.90 Å². The minimum Gasteiger partial charge on any atom is -0.374 e. The lowest BCUT2D eigenvalue weighted by Crippen LogP contribution is -2.48. The van der Waals surface area contributed by atoms with Crippen molar-refractivity contribution in [1.29, 1.82) is 0 Å². The summed E-state index contributed by atoms with van der Waals surface area (Å²) in [6.07, 6.45) is -0.0979. The summed E-state index contributed by atoms with van der Waals surface area (Å²) in [7, 11) is 0. The fraction of sp³-hybridized carbons (Fsp3) is 0.538. The Bertz CT molecular complexity index is 404. The van der Waals surface area contributed by atoms with Crippen molar-refractivity contribution in [2.45, 2.75) is 19.1 Å². The molecule has 0 saturated carbocycles. The van der Waals surface area contributed by atoms with Gasteiger partial charge in [-0.15, -0.1) is 0 Å². The highest BCUT2D eigenvalue weighted by Gasteiger charge is 2.32. The summed E-state index contributed by atoms with van der Waals surface area (Å²) in [6.45, 7) is 4.89. The lowest BCUT2D eigenvalue weighted by Gasteiger charge is -2.40. The standard InChI is InChI=1S/C13H18ClFN2O/c1-2-17-5-6-18-12(8-16)13(17)9-3-4-10(14)11(15)7-9/h3-4,7,12-13H,2,5-6,8,16H2,1H3. The van der Waals surface area contributed by atoms with Crippen LogP contribution in [0.1, 0.15) is 18.5 Å². The molecule has 2 atom stereocenters. The molecule has 2 unspecified atom stereocenters. The number of ether oxygens (including phenoxy) is 1. The van der Waals surface area contributed by atoms with Crippen LogP contribution in [0, 0.1) is 5.82 Å². The van der Waals surface area contributed by atoms with Gasteiger partial charge in [0.15, 0.2) is 0 Å². The van der Waals surface area contributed by atoms with Gasteiger partial charge in [0.05, 0.1) is 23.8 Å². The predicted octanol–water partition coefficient (Wildman–Crippen LogP) is 2.20. The van der Waals surface area contributed by atoms with E-state index in [9.17, 15) is 4.39 Å². The summed E-state index contributed by atoms with van der Waals surface area (Å²) in [4.78, 5) is 2.25. The maximum absolute atomic E-state index is 13.6. The molecule has 1 aliphatic heterocycles. The van der Waals surface area contributed by atoms with Crippen LogP contribution >= 0.6 is 11.6 Å². The lowest BCUT2D eigenvalue weighted by molar-refractivity contribution is -0.0659. The second-order valence-corrected chi connectivity index (χ2v) is 4.80. The van der Waals surface area contributed by atoms with Gasteiger partial charge in [-0.05, 0) is 24.2 Å². The van der Waals surface area contributed by atoms with Crippen LogP contribution in [0.3, 0.4) is 0 Å². The van der Waals surface area contributed by atoms with Crippen LogP contribution in [0.2, 0.25) is 5.02 Å². The number of hydrogen-bond donors (Lipinski definition) is 1. The lowest BCUT2D eigenvalue weighted by atomic mass is 9.98. The van der Waals surface area contributed by atoms with Gasteiger partial charge >= 0.3 is 0 Å². The molecule has 1 saturated heterocycles. The molecule has 2 rings (SSSR count). The zero-order chi connectivity index (χ0) is 13.1. The molecule has 0 radical (unpaired) electrons. The zero-order valence-corrected chi connectivity index (χ0v) is 11.2. The minimum atomic E-state index is -0.397. The van der Waals surface area contributed by atoms with Crippen molar-refractivity contribution >= 4 is 11.6 Å². The van der Waals surface area contributed by atoms with Crippen molar-refractivity contribution < 1.29 is 9.13 Å². The van der Waals surface area contributed by atoms with E-state index in [0.717, 1.165) is 18.7 Å². The smallest absolute Gasteiger partial charge is 0.142 e. The number of rotatable bonds is 3. The van der Waals surface area contributed by atoms with Crippen molar-refractivity contribution in [3.05, 3.63) is 34.6 Å². The van der Waals surface area contributed by atoms with Crippen molar-refractivity contribution in [3.63, 3.8) is 0 Å². The Balaban J connectivity index is 2.32. The predicted molar refractivity (Wildman–Crippen MR) is 70.2 cm³/mol. The van der Waals surface area contributed by atoms with Gasteiger partial charge in [-0.2, -0.15) is 0 Å². The molecule has 0 aromatic heterocycles. The van der Waals surface area contributed by atoms with Crippen LogP contribution < -0.4 is 5.73 Å². The molecule has 0 bridgehead atoms. The third kappa shape index (κ3) is 2.67. The van der Waals surface area contributed by atoms with Gasteiger partial charge in [0, 0.05) is 13.1 Å². The van der Waals surface area contributed by atoms with E-state index in [4.69, 9.17) is 22.1 Å². The van der Waals surface area contributed by atoms with E-state index in [0.29, 0.717) is 13.2 Å². The zero-order valence-electron chi connectivity index (χ0n) is 10.4. The van der Waals surface area contributed by atoms with Gasteiger partial charge < -0.3 is 10.5 Å². The van der Waals surface area contributed by atoms with Crippen molar-refractivity contribution in [3.8, 4) is 0 Å².